The lowest BCUT2D eigenvalue weighted by Crippen LogP contribution is -2.59. The van der Waals surface area contributed by atoms with Crippen LogP contribution in [0.2, 0.25) is 10.0 Å². The molecule has 1 saturated heterocycles. The van der Waals surface area contributed by atoms with Crippen molar-refractivity contribution in [2.45, 2.75) is 19.9 Å². The maximum atomic E-state index is 12.3. The summed E-state index contributed by atoms with van der Waals surface area (Å²) in [5.41, 5.74) is 1.37. The van der Waals surface area contributed by atoms with Crippen LogP contribution in [0.1, 0.15) is 23.0 Å². The van der Waals surface area contributed by atoms with E-state index in [0.29, 0.717) is 34.6 Å². The van der Waals surface area contributed by atoms with Crippen molar-refractivity contribution in [3.8, 4) is 0 Å². The van der Waals surface area contributed by atoms with E-state index in [1.165, 1.54) is 0 Å². The third-order valence-corrected chi connectivity index (χ3v) is 4.28. The number of hydrogen-bond donors (Lipinski definition) is 2. The first-order valence-electron chi connectivity index (χ1n) is 8.06. The lowest BCUT2D eigenvalue weighted by atomic mass is 10.1. The number of nitrogens with zero attached hydrogens (tertiary/aromatic N) is 3. The first-order chi connectivity index (χ1) is 11.9. The Labute approximate surface area is 156 Å². The molecule has 1 aliphatic heterocycles. The molecule has 1 aromatic carbocycles. The Balaban J connectivity index is 1.60. The Kier molecular flexibility index (Phi) is 5.30. The van der Waals surface area contributed by atoms with E-state index in [0.717, 1.165) is 18.1 Å². The van der Waals surface area contributed by atoms with Gasteiger partial charge in [-0.1, -0.05) is 23.2 Å². The van der Waals surface area contributed by atoms with Crippen molar-refractivity contribution in [1.82, 2.24) is 15.3 Å². The molecule has 0 spiro atoms. The minimum absolute atomic E-state index is 0.0584. The number of hydrogen-bond acceptors (Lipinski definition) is 5. The number of aryl methyl sites for hydroxylation is 1. The predicted molar refractivity (Wildman–Crippen MR) is 101 cm³/mol. The van der Waals surface area contributed by atoms with Gasteiger partial charge in [-0.2, -0.15) is 4.98 Å². The van der Waals surface area contributed by atoms with Gasteiger partial charge in [-0.05, 0) is 32.0 Å². The summed E-state index contributed by atoms with van der Waals surface area (Å²) in [7, 11) is 0. The van der Waals surface area contributed by atoms with Crippen LogP contribution in [0.25, 0.3) is 0 Å². The van der Waals surface area contributed by atoms with Gasteiger partial charge in [0.2, 0.25) is 5.95 Å². The van der Waals surface area contributed by atoms with E-state index in [9.17, 15) is 4.79 Å². The standard InChI is InChI=1S/C17H19Cl2N5O/c1-3-20-17-21-10(2)4-15(23-17)24-8-14(9-24)22-16(25)11-5-12(18)7-13(19)6-11/h4-7,14H,3,8-9H2,1-2H3,(H,22,25)(H,20,21,23). The summed E-state index contributed by atoms with van der Waals surface area (Å²) in [6.45, 7) is 6.10. The highest BCUT2D eigenvalue weighted by Gasteiger charge is 2.29. The van der Waals surface area contributed by atoms with E-state index in [-0.39, 0.29) is 11.9 Å². The molecule has 132 valence electrons. The van der Waals surface area contributed by atoms with Crippen LogP contribution in [0.15, 0.2) is 24.3 Å². The summed E-state index contributed by atoms with van der Waals surface area (Å²) in [5, 5.41) is 7.00. The van der Waals surface area contributed by atoms with E-state index < -0.39 is 0 Å². The van der Waals surface area contributed by atoms with Crippen LogP contribution in [0.5, 0.6) is 0 Å². The molecule has 8 heteroatoms. The smallest absolute Gasteiger partial charge is 0.251 e. The zero-order valence-corrected chi connectivity index (χ0v) is 15.5. The molecule has 2 aromatic rings. The van der Waals surface area contributed by atoms with E-state index >= 15 is 0 Å². The quantitative estimate of drug-likeness (QED) is 0.834. The van der Waals surface area contributed by atoms with Crippen molar-refractivity contribution in [3.63, 3.8) is 0 Å². The molecule has 2 N–H and O–H groups in total. The molecular formula is C17H19Cl2N5O. The van der Waals surface area contributed by atoms with E-state index in [2.05, 4.69) is 25.5 Å². The Hall–Kier alpha value is -2.05. The fraction of sp³-hybridized carbons (Fsp3) is 0.353. The largest absolute Gasteiger partial charge is 0.354 e. The van der Waals surface area contributed by atoms with Gasteiger partial charge in [0.05, 0.1) is 6.04 Å². The normalized spacial score (nSPS) is 14.2. The van der Waals surface area contributed by atoms with Gasteiger partial charge in [0.1, 0.15) is 5.82 Å². The second-order valence-electron chi connectivity index (χ2n) is 5.95. The molecule has 2 heterocycles. The lowest BCUT2D eigenvalue weighted by Gasteiger charge is -2.40. The van der Waals surface area contributed by atoms with Crippen molar-refractivity contribution in [2.75, 3.05) is 29.9 Å². The zero-order valence-electron chi connectivity index (χ0n) is 14.0. The third-order valence-electron chi connectivity index (χ3n) is 3.84. The van der Waals surface area contributed by atoms with Crippen LogP contribution < -0.4 is 15.5 Å². The molecule has 0 unspecified atom stereocenters. The molecule has 0 radical (unpaired) electrons. The molecule has 1 fully saturated rings. The topological polar surface area (TPSA) is 70.2 Å². The van der Waals surface area contributed by atoms with Gasteiger partial charge in [0.25, 0.3) is 5.91 Å². The molecule has 1 amide bonds. The molecule has 0 saturated carbocycles. The minimum Gasteiger partial charge on any atom is -0.354 e. The Morgan fingerprint density at radius 2 is 1.88 bits per heavy atom. The molecular weight excluding hydrogens is 361 g/mol. The molecule has 0 atom stereocenters. The second-order valence-corrected chi connectivity index (χ2v) is 6.83. The second kappa shape index (κ2) is 7.45. The van der Waals surface area contributed by atoms with Crippen molar-refractivity contribution >= 4 is 40.9 Å². The van der Waals surface area contributed by atoms with Crippen LogP contribution >= 0.6 is 23.2 Å². The van der Waals surface area contributed by atoms with Crippen molar-refractivity contribution in [1.29, 1.82) is 0 Å². The van der Waals surface area contributed by atoms with Gasteiger partial charge in [-0.15, -0.1) is 0 Å². The van der Waals surface area contributed by atoms with E-state index in [1.807, 2.05) is 19.9 Å². The van der Waals surface area contributed by atoms with E-state index in [1.54, 1.807) is 18.2 Å². The summed E-state index contributed by atoms with van der Waals surface area (Å²) < 4.78 is 0. The highest BCUT2D eigenvalue weighted by Crippen LogP contribution is 2.22. The number of nitrogens with one attached hydrogen (secondary N) is 2. The highest BCUT2D eigenvalue weighted by atomic mass is 35.5. The number of carbonyl (C=O) groups is 1. The fourth-order valence-corrected chi connectivity index (χ4v) is 3.19. The Morgan fingerprint density at radius 3 is 2.52 bits per heavy atom. The Bertz CT molecular complexity index is 772. The lowest BCUT2D eigenvalue weighted by molar-refractivity contribution is 0.0930. The summed E-state index contributed by atoms with van der Waals surface area (Å²) in [5.74, 6) is 1.31. The molecule has 1 aromatic heterocycles. The van der Waals surface area contributed by atoms with Crippen LogP contribution in [0.4, 0.5) is 11.8 Å². The SMILES string of the molecule is CCNc1nc(C)cc(N2CC(NC(=O)c3cc(Cl)cc(Cl)c3)C2)n1. The number of anilines is 2. The summed E-state index contributed by atoms with van der Waals surface area (Å²) in [6, 6.07) is 6.81. The minimum atomic E-state index is -0.179. The summed E-state index contributed by atoms with van der Waals surface area (Å²) in [6.07, 6.45) is 0. The molecule has 1 aliphatic rings. The van der Waals surface area contributed by atoms with Crippen LogP contribution in [0.3, 0.4) is 0 Å². The first kappa shape index (κ1) is 17.8. The number of amides is 1. The fourth-order valence-electron chi connectivity index (χ4n) is 2.66. The number of aromatic nitrogens is 2. The molecule has 25 heavy (non-hydrogen) atoms. The number of carbonyl (C=O) groups excluding carboxylic acids is 1. The Morgan fingerprint density at radius 1 is 1.20 bits per heavy atom. The van der Waals surface area contributed by atoms with E-state index in [4.69, 9.17) is 23.2 Å². The molecule has 3 rings (SSSR count). The number of rotatable bonds is 5. The van der Waals surface area contributed by atoms with Gasteiger partial charge in [-0.3, -0.25) is 4.79 Å². The van der Waals surface area contributed by atoms with Gasteiger partial charge in [0, 0.05) is 47.0 Å². The van der Waals surface area contributed by atoms with Gasteiger partial charge in [0.15, 0.2) is 0 Å². The zero-order chi connectivity index (χ0) is 18.0. The van der Waals surface area contributed by atoms with Crippen LogP contribution in [-0.4, -0.2) is 41.6 Å². The maximum Gasteiger partial charge on any atom is 0.251 e. The average molecular weight is 380 g/mol. The monoisotopic (exact) mass is 379 g/mol. The van der Waals surface area contributed by atoms with Crippen molar-refractivity contribution < 1.29 is 4.79 Å². The maximum absolute atomic E-state index is 12.3. The molecule has 0 aliphatic carbocycles. The first-order valence-corrected chi connectivity index (χ1v) is 8.81. The molecule has 0 bridgehead atoms. The average Bonchev–Trinajstić information content (AvgIpc) is 2.49. The summed E-state index contributed by atoms with van der Waals surface area (Å²) in [4.78, 5) is 23.2. The van der Waals surface area contributed by atoms with Crippen LogP contribution in [-0.2, 0) is 0 Å². The summed E-state index contributed by atoms with van der Waals surface area (Å²) >= 11 is 11.9. The third kappa shape index (κ3) is 4.32. The van der Waals surface area contributed by atoms with Gasteiger partial charge < -0.3 is 15.5 Å². The molecule has 6 nitrogen and oxygen atoms in total. The van der Waals surface area contributed by atoms with Gasteiger partial charge >= 0.3 is 0 Å². The predicted octanol–water partition coefficient (Wildman–Crippen LogP) is 3.14. The van der Waals surface area contributed by atoms with Gasteiger partial charge in [-0.25, -0.2) is 4.98 Å². The van der Waals surface area contributed by atoms with Crippen LogP contribution in [0, 0.1) is 6.92 Å². The van der Waals surface area contributed by atoms with Crippen molar-refractivity contribution in [3.05, 3.63) is 45.6 Å². The number of benzene rings is 1. The number of halogens is 2. The van der Waals surface area contributed by atoms with Crippen molar-refractivity contribution in [2.24, 2.45) is 0 Å². The highest BCUT2D eigenvalue weighted by molar-refractivity contribution is 6.35.